The molecule has 0 aliphatic heterocycles. The Hall–Kier alpha value is -0.0505. The molecule has 3 nitrogen and oxygen atoms in total. The van der Waals surface area contributed by atoms with E-state index in [1.165, 1.54) is 0 Å². The topological polar surface area (TPSA) is 52.3 Å². The normalized spacial score (nSPS) is 12.6. The van der Waals surface area contributed by atoms with Gasteiger partial charge in [0.05, 0.1) is 0 Å². The van der Waals surface area contributed by atoms with Crippen LogP contribution in [0.4, 0.5) is 0 Å². The van der Waals surface area contributed by atoms with Crippen LogP contribution in [0.1, 0.15) is 13.3 Å². The summed E-state index contributed by atoms with van der Waals surface area (Å²) in [7, 11) is 0. The van der Waals surface area contributed by atoms with E-state index < -0.39 is 6.04 Å². The van der Waals surface area contributed by atoms with Crippen LogP contribution in [0, 0.1) is 0 Å². The van der Waals surface area contributed by atoms with Crippen molar-refractivity contribution in [1.82, 2.24) is 0 Å². The Morgan fingerprint density at radius 1 is 1.73 bits per heavy atom. The molecule has 0 aromatic heterocycles. The number of nitrogens with two attached hydrogens (primary N) is 1. The Balaban J connectivity index is 3.46. The van der Waals surface area contributed by atoms with E-state index in [1.807, 2.05) is 0 Å². The zero-order valence-electron chi connectivity index (χ0n) is 7.00. The summed E-state index contributed by atoms with van der Waals surface area (Å²) in [4.78, 5) is 10.9. The average molecular weight is 224 g/mol. The molecule has 0 fully saturated rings. The molecule has 1 atom stereocenters. The Morgan fingerprint density at radius 2 is 2.36 bits per heavy atom. The van der Waals surface area contributed by atoms with Gasteiger partial charge in [0.1, 0.15) is 0 Å². The molecular formula is C7H15NO2Se. The Kier molecular flexibility index (Phi) is 6.62. The van der Waals surface area contributed by atoms with Crippen molar-refractivity contribution in [2.75, 3.05) is 6.61 Å². The first-order valence-corrected chi connectivity index (χ1v) is 6.56. The quantitative estimate of drug-likeness (QED) is 0.544. The van der Waals surface area contributed by atoms with Gasteiger partial charge in [-0.15, -0.1) is 0 Å². The zero-order valence-corrected chi connectivity index (χ0v) is 8.71. The summed E-state index contributed by atoms with van der Waals surface area (Å²) >= 11 is 0.601. The third-order valence-electron chi connectivity index (χ3n) is 1.22. The van der Waals surface area contributed by atoms with Crippen LogP contribution < -0.4 is 5.73 Å². The molecule has 0 unspecified atom stereocenters. The van der Waals surface area contributed by atoms with Crippen molar-refractivity contribution in [2.24, 2.45) is 5.73 Å². The fraction of sp³-hybridized carbons (Fsp3) is 0.857. The predicted octanol–water partition coefficient (Wildman–Crippen LogP) is 0.437. The van der Waals surface area contributed by atoms with Crippen molar-refractivity contribution in [2.45, 2.75) is 30.5 Å². The van der Waals surface area contributed by atoms with Gasteiger partial charge in [-0.2, -0.15) is 0 Å². The summed E-state index contributed by atoms with van der Waals surface area (Å²) in [6, 6.07) is -0.406. The molecule has 0 saturated carbocycles. The van der Waals surface area contributed by atoms with Crippen molar-refractivity contribution >= 4 is 20.9 Å². The van der Waals surface area contributed by atoms with Gasteiger partial charge in [0.15, 0.2) is 0 Å². The van der Waals surface area contributed by atoms with Crippen LogP contribution in [0.2, 0.25) is 11.1 Å². The van der Waals surface area contributed by atoms with Gasteiger partial charge in [-0.3, -0.25) is 0 Å². The van der Waals surface area contributed by atoms with Crippen molar-refractivity contribution < 1.29 is 9.53 Å². The van der Waals surface area contributed by atoms with Gasteiger partial charge < -0.3 is 0 Å². The minimum absolute atomic E-state index is 0.267. The van der Waals surface area contributed by atoms with Crippen molar-refractivity contribution in [3.05, 3.63) is 0 Å². The number of hydrogen-bond acceptors (Lipinski definition) is 3. The van der Waals surface area contributed by atoms with E-state index in [0.717, 1.165) is 11.7 Å². The molecule has 0 radical (unpaired) electrons. The molecule has 66 valence electrons. The third kappa shape index (κ3) is 5.24. The number of esters is 1. The summed E-state index contributed by atoms with van der Waals surface area (Å²) < 4.78 is 4.74. The first kappa shape index (κ1) is 10.9. The molecule has 0 aliphatic rings. The van der Waals surface area contributed by atoms with Crippen LogP contribution in [0.5, 0.6) is 0 Å². The molecule has 0 bridgehead atoms. The monoisotopic (exact) mass is 225 g/mol. The average Bonchev–Trinajstić information content (AvgIpc) is 2.00. The molecule has 0 amide bonds. The van der Waals surface area contributed by atoms with Gasteiger partial charge in [-0.25, -0.2) is 0 Å². The number of carbonyl (C=O) groups excluding carboxylic acids is 1. The van der Waals surface area contributed by atoms with Gasteiger partial charge >= 0.3 is 73.3 Å². The van der Waals surface area contributed by atoms with E-state index in [-0.39, 0.29) is 5.97 Å². The molecule has 0 aromatic carbocycles. The van der Waals surface area contributed by atoms with Gasteiger partial charge in [0, 0.05) is 0 Å². The van der Waals surface area contributed by atoms with E-state index in [9.17, 15) is 4.79 Å². The third-order valence-corrected chi connectivity index (χ3v) is 2.57. The van der Waals surface area contributed by atoms with E-state index >= 15 is 0 Å². The van der Waals surface area contributed by atoms with Gasteiger partial charge in [0.2, 0.25) is 0 Å². The standard InChI is InChI=1S/C7H15NO2Se/c1-3-10-7(9)6(8)4-5-11-2/h6H,3-5,8H2,1-2H3/t6-/m0/s1. The molecular weight excluding hydrogens is 209 g/mol. The van der Waals surface area contributed by atoms with Crippen molar-refractivity contribution in [3.8, 4) is 0 Å². The molecule has 0 spiro atoms. The fourth-order valence-corrected chi connectivity index (χ4v) is 1.64. The molecule has 2 N–H and O–H groups in total. The molecule has 0 aliphatic carbocycles. The molecule has 0 rings (SSSR count). The fourth-order valence-electron chi connectivity index (χ4n) is 0.612. The number of carbonyl (C=O) groups is 1. The summed E-state index contributed by atoms with van der Waals surface area (Å²) in [6.07, 6.45) is 0.759. The van der Waals surface area contributed by atoms with E-state index in [0.29, 0.717) is 21.6 Å². The summed E-state index contributed by atoms with van der Waals surface area (Å²) in [6.45, 7) is 2.21. The van der Waals surface area contributed by atoms with Gasteiger partial charge in [-0.05, 0) is 0 Å². The molecule has 0 saturated heterocycles. The van der Waals surface area contributed by atoms with Crippen LogP contribution in [-0.2, 0) is 9.53 Å². The van der Waals surface area contributed by atoms with Crippen LogP contribution in [0.3, 0.4) is 0 Å². The first-order chi connectivity index (χ1) is 5.22. The van der Waals surface area contributed by atoms with Crippen LogP contribution >= 0.6 is 0 Å². The van der Waals surface area contributed by atoms with E-state index in [1.54, 1.807) is 6.92 Å². The molecule has 0 heterocycles. The summed E-state index contributed by atoms with van der Waals surface area (Å²) in [5.74, 6) is 1.86. The zero-order chi connectivity index (χ0) is 8.69. The summed E-state index contributed by atoms with van der Waals surface area (Å²) in [5, 5.41) is 1.05. The van der Waals surface area contributed by atoms with Crippen LogP contribution in [-0.4, -0.2) is 33.6 Å². The maximum atomic E-state index is 10.9. The second kappa shape index (κ2) is 6.65. The second-order valence-corrected chi connectivity index (χ2v) is 4.21. The number of ether oxygens (including phenoxy) is 1. The Labute approximate surface area is 73.8 Å². The predicted molar refractivity (Wildman–Crippen MR) is 45.7 cm³/mol. The molecule has 4 heteroatoms. The minimum atomic E-state index is -0.406. The number of hydrogen-bond donors (Lipinski definition) is 1. The maximum absolute atomic E-state index is 10.9. The number of rotatable bonds is 5. The van der Waals surface area contributed by atoms with Crippen molar-refractivity contribution in [1.29, 1.82) is 0 Å². The van der Waals surface area contributed by atoms with Gasteiger partial charge in [0.25, 0.3) is 0 Å². The van der Waals surface area contributed by atoms with Gasteiger partial charge in [-0.1, -0.05) is 0 Å². The van der Waals surface area contributed by atoms with Crippen molar-refractivity contribution in [3.63, 3.8) is 0 Å². The molecule has 11 heavy (non-hydrogen) atoms. The first-order valence-electron chi connectivity index (χ1n) is 3.63. The summed E-state index contributed by atoms with van der Waals surface area (Å²) in [5.41, 5.74) is 5.52. The van der Waals surface area contributed by atoms with Crippen LogP contribution in [0.15, 0.2) is 0 Å². The van der Waals surface area contributed by atoms with E-state index in [4.69, 9.17) is 10.5 Å². The second-order valence-electron chi connectivity index (χ2n) is 2.14. The van der Waals surface area contributed by atoms with Crippen LogP contribution in [0.25, 0.3) is 0 Å². The molecule has 0 aromatic rings. The Morgan fingerprint density at radius 3 is 2.82 bits per heavy atom. The van der Waals surface area contributed by atoms with E-state index in [2.05, 4.69) is 5.82 Å². The Bertz CT molecular complexity index is 119. The SMILES string of the molecule is CCOC(=O)[C@@H](N)CC[Se]C.